The highest BCUT2D eigenvalue weighted by atomic mass is 31.2. The van der Waals surface area contributed by atoms with Crippen molar-refractivity contribution in [2.24, 2.45) is 0 Å². The van der Waals surface area contributed by atoms with E-state index < -0.39 is 51.0 Å². The Kier molecular flexibility index (Phi) is 10.3. The molecular weight excluding hydrogens is 472 g/mol. The summed E-state index contributed by atoms with van der Waals surface area (Å²) in [5, 5.41) is 1.56. The third kappa shape index (κ3) is 10.9. The summed E-state index contributed by atoms with van der Waals surface area (Å²) in [5.74, 6) is -1.87. The number of carbonyl (C=O) groups is 3. The van der Waals surface area contributed by atoms with Crippen LogP contribution in [0, 0.1) is 0 Å². The molecule has 14 nitrogen and oxygen atoms in total. The molecule has 1 saturated heterocycles. The smallest absolute Gasteiger partial charge is 0.410 e. The number of esters is 1. The molecule has 0 aromatic rings. The summed E-state index contributed by atoms with van der Waals surface area (Å²) in [5.41, 5.74) is -3.25. The first-order valence-corrected chi connectivity index (χ1v) is 13.1. The van der Waals surface area contributed by atoms with Gasteiger partial charge in [0.15, 0.2) is 0 Å². The van der Waals surface area contributed by atoms with E-state index in [-0.39, 0.29) is 12.7 Å². The molecule has 0 radical (unpaired) electrons. The zero-order chi connectivity index (χ0) is 24.7. The number of hydrogen-bond acceptors (Lipinski definition) is 8. The predicted octanol–water partition coefficient (Wildman–Crippen LogP) is -0.382. The van der Waals surface area contributed by atoms with Gasteiger partial charge in [-0.05, 0) is 20.8 Å². The maximum atomic E-state index is 12.0. The average Bonchev–Trinajstić information content (AvgIpc) is 2.61. The number of piperazine rings is 1. The molecule has 5 N–H and O–H groups in total. The molecule has 0 aromatic carbocycles. The molecule has 1 rings (SSSR count). The van der Waals surface area contributed by atoms with Crippen LogP contribution in [0.5, 0.6) is 0 Å². The van der Waals surface area contributed by atoms with E-state index in [1.54, 1.807) is 31.0 Å². The molecule has 186 valence electrons. The van der Waals surface area contributed by atoms with E-state index in [4.69, 9.17) is 29.0 Å². The monoisotopic (exact) mass is 503 g/mol. The van der Waals surface area contributed by atoms with Crippen molar-refractivity contribution in [1.29, 1.82) is 0 Å². The van der Waals surface area contributed by atoms with Gasteiger partial charge in [-0.15, -0.1) is 0 Å². The predicted molar refractivity (Wildman–Crippen MR) is 110 cm³/mol. The molecule has 0 saturated carbocycles. The topological polar surface area (TPSA) is 203 Å². The Bertz CT molecular complexity index is 744. The second-order valence-corrected chi connectivity index (χ2v) is 11.9. The Labute approximate surface area is 185 Å². The van der Waals surface area contributed by atoms with E-state index in [0.29, 0.717) is 32.7 Å². The van der Waals surface area contributed by atoms with E-state index in [1.165, 1.54) is 0 Å². The Balaban J connectivity index is 2.30. The van der Waals surface area contributed by atoms with Crippen LogP contribution in [0.1, 0.15) is 33.6 Å². The van der Waals surface area contributed by atoms with Crippen LogP contribution in [-0.2, 0) is 28.2 Å². The number of rotatable bonds is 9. The maximum Gasteiger partial charge on any atom is 0.410 e. The van der Waals surface area contributed by atoms with Crippen LogP contribution in [-0.4, -0.2) is 97.8 Å². The number of carbonyl (C=O) groups excluding carboxylic acids is 3. The molecule has 0 unspecified atom stereocenters. The van der Waals surface area contributed by atoms with Crippen LogP contribution in [0.2, 0.25) is 0 Å². The van der Waals surface area contributed by atoms with Gasteiger partial charge < -0.3 is 39.3 Å². The van der Waals surface area contributed by atoms with Crippen LogP contribution >= 0.6 is 15.2 Å². The Morgan fingerprint density at radius 3 is 1.97 bits per heavy atom. The van der Waals surface area contributed by atoms with E-state index in [1.807, 2.05) is 4.90 Å². The van der Waals surface area contributed by atoms with Crippen molar-refractivity contribution in [3.8, 4) is 0 Å². The summed E-state index contributed by atoms with van der Waals surface area (Å²) in [6, 6.07) is 0. The zero-order valence-electron chi connectivity index (χ0n) is 18.2. The summed E-state index contributed by atoms with van der Waals surface area (Å²) in [4.78, 5) is 74.8. The lowest BCUT2D eigenvalue weighted by Gasteiger charge is -2.35. The van der Waals surface area contributed by atoms with Crippen molar-refractivity contribution in [2.75, 3.05) is 39.3 Å². The highest BCUT2D eigenvalue weighted by molar-refractivity contribution is 7.70. The lowest BCUT2D eigenvalue weighted by molar-refractivity contribution is -0.145. The Hall–Kier alpha value is -1.53. The molecule has 16 heteroatoms. The minimum absolute atomic E-state index is 0.0283. The number of nitrogens with one attached hydrogen (secondary N) is 1. The number of nitrogens with zero attached hydrogens (tertiary/aromatic N) is 2. The number of amides is 2. The molecular formula is C16H31N3O11P2. The molecule has 32 heavy (non-hydrogen) atoms. The molecule has 1 aliphatic heterocycles. The van der Waals surface area contributed by atoms with E-state index in [0.717, 1.165) is 0 Å². The first-order chi connectivity index (χ1) is 14.5. The van der Waals surface area contributed by atoms with Crippen molar-refractivity contribution in [2.45, 2.75) is 44.7 Å². The summed E-state index contributed by atoms with van der Waals surface area (Å²) < 4.78 is 32.6. The van der Waals surface area contributed by atoms with Crippen molar-refractivity contribution in [3.05, 3.63) is 0 Å². The van der Waals surface area contributed by atoms with Crippen LogP contribution in [0.15, 0.2) is 0 Å². The van der Waals surface area contributed by atoms with Gasteiger partial charge >= 0.3 is 27.3 Å². The molecule has 0 aromatic heterocycles. The fourth-order valence-electron chi connectivity index (χ4n) is 2.64. The molecule has 0 bridgehead atoms. The van der Waals surface area contributed by atoms with E-state index >= 15 is 0 Å². The average molecular weight is 503 g/mol. The molecule has 0 atom stereocenters. The van der Waals surface area contributed by atoms with Crippen molar-refractivity contribution in [3.63, 3.8) is 0 Å². The maximum absolute atomic E-state index is 12.0. The second-order valence-electron chi connectivity index (χ2n) is 8.15. The molecule has 1 fully saturated rings. The first-order valence-electron chi connectivity index (χ1n) is 9.75. The Morgan fingerprint density at radius 1 is 0.969 bits per heavy atom. The SMILES string of the molecule is CC(C)(C)OC(=O)N1CCN(CCOC(=O)CCC(=O)NC(P(=O)(O)O)P(=O)(O)O)CC1. The number of ether oxygens (including phenoxy) is 2. The first kappa shape index (κ1) is 28.5. The lowest BCUT2D eigenvalue weighted by atomic mass is 10.2. The zero-order valence-corrected chi connectivity index (χ0v) is 20.0. The van der Waals surface area contributed by atoms with E-state index in [9.17, 15) is 23.5 Å². The standard InChI is InChI=1S/C16H31N3O11P2/c1-16(2,3)30-15(22)19-8-6-18(7-9-19)10-11-29-13(21)5-4-12(20)17-14(31(23,24)25)32(26,27)28/h14H,4-11H2,1-3H3,(H,17,20)(H2,23,24,25)(H2,26,27,28). The van der Waals surface area contributed by atoms with Gasteiger partial charge in [0, 0.05) is 39.1 Å². The summed E-state index contributed by atoms with van der Waals surface area (Å²) in [7, 11) is -10.6. The molecule has 1 heterocycles. The highest BCUT2D eigenvalue weighted by Crippen LogP contribution is 2.58. The quantitative estimate of drug-likeness (QED) is 0.202. The summed E-state index contributed by atoms with van der Waals surface area (Å²) in [6.07, 6.45) is -1.39. The van der Waals surface area contributed by atoms with Gasteiger partial charge in [-0.2, -0.15) is 0 Å². The lowest BCUT2D eigenvalue weighted by Crippen LogP contribution is -2.50. The van der Waals surface area contributed by atoms with Crippen LogP contribution in [0.4, 0.5) is 4.79 Å². The van der Waals surface area contributed by atoms with Crippen LogP contribution in [0.3, 0.4) is 0 Å². The summed E-state index contributed by atoms with van der Waals surface area (Å²) >= 11 is 0. The van der Waals surface area contributed by atoms with Crippen LogP contribution in [0.25, 0.3) is 0 Å². The second kappa shape index (κ2) is 11.6. The van der Waals surface area contributed by atoms with Crippen LogP contribution < -0.4 is 5.32 Å². The summed E-state index contributed by atoms with van der Waals surface area (Å²) in [6.45, 7) is 7.83. The van der Waals surface area contributed by atoms with Gasteiger partial charge in [0.05, 0.1) is 6.42 Å². The van der Waals surface area contributed by atoms with Crippen molar-refractivity contribution in [1.82, 2.24) is 15.1 Å². The third-order valence-corrected chi connectivity index (χ3v) is 7.52. The molecule has 0 spiro atoms. The Morgan fingerprint density at radius 2 is 1.50 bits per heavy atom. The van der Waals surface area contributed by atoms with Gasteiger partial charge in [0.1, 0.15) is 12.2 Å². The number of hydrogen-bond donors (Lipinski definition) is 5. The van der Waals surface area contributed by atoms with E-state index in [2.05, 4.69) is 0 Å². The minimum atomic E-state index is -5.30. The van der Waals surface area contributed by atoms with Gasteiger partial charge in [-0.3, -0.25) is 23.6 Å². The third-order valence-electron chi connectivity index (χ3n) is 4.18. The van der Waals surface area contributed by atoms with Gasteiger partial charge in [0.25, 0.3) is 0 Å². The fourth-order valence-corrected chi connectivity index (χ4v) is 4.83. The van der Waals surface area contributed by atoms with Gasteiger partial charge in [-0.25, -0.2) is 4.79 Å². The fraction of sp³-hybridized carbons (Fsp3) is 0.812. The highest BCUT2D eigenvalue weighted by Gasteiger charge is 2.44. The molecule has 0 aliphatic carbocycles. The van der Waals surface area contributed by atoms with Crippen molar-refractivity contribution < 1.29 is 52.6 Å². The van der Waals surface area contributed by atoms with Crippen molar-refractivity contribution >= 4 is 33.2 Å². The largest absolute Gasteiger partial charge is 0.464 e. The van der Waals surface area contributed by atoms with Gasteiger partial charge in [-0.1, -0.05) is 0 Å². The normalized spacial score (nSPS) is 16.1. The van der Waals surface area contributed by atoms with Gasteiger partial charge in [0.2, 0.25) is 11.4 Å². The molecule has 1 aliphatic rings. The minimum Gasteiger partial charge on any atom is -0.464 e. The molecule has 2 amide bonds.